The van der Waals surface area contributed by atoms with Crippen LogP contribution in [0.25, 0.3) is 0 Å². The van der Waals surface area contributed by atoms with Crippen molar-refractivity contribution in [3.63, 3.8) is 0 Å². The molecule has 0 N–H and O–H groups in total. The molecule has 0 amide bonds. The van der Waals surface area contributed by atoms with Crippen molar-refractivity contribution < 1.29 is 109 Å². The smallest absolute Gasteiger partial charge is 0.298 e. The number of carbonyl (C=O) groups excluding carboxylic acids is 5. The first kappa shape index (κ1) is 50.2. The average Bonchev–Trinajstić information content (AvgIpc) is 3.06. The number of hydrogen-bond acceptors (Lipinski definition) is 10. The van der Waals surface area contributed by atoms with Crippen molar-refractivity contribution in [1.29, 1.82) is 0 Å². The van der Waals surface area contributed by atoms with Gasteiger partial charge in [-0.3, -0.25) is 24.0 Å². The molecule has 2 aromatic rings. The van der Waals surface area contributed by atoms with Crippen LogP contribution >= 0.6 is 0 Å². The summed E-state index contributed by atoms with van der Waals surface area (Å²) in [6.45, 7) is 1.59. The van der Waals surface area contributed by atoms with Gasteiger partial charge in [0, 0.05) is 13.3 Å². The maximum atomic E-state index is 12.8. The minimum atomic E-state index is -2.90. The van der Waals surface area contributed by atoms with Gasteiger partial charge in [0.15, 0.2) is 29.9 Å². The number of benzene rings is 2. The summed E-state index contributed by atoms with van der Waals surface area (Å²) in [7, 11) is 0. The van der Waals surface area contributed by atoms with E-state index in [1.165, 1.54) is 0 Å². The van der Waals surface area contributed by atoms with Gasteiger partial charge in [0.1, 0.15) is 6.61 Å². The summed E-state index contributed by atoms with van der Waals surface area (Å²) < 4.78 is 192. The van der Waals surface area contributed by atoms with Gasteiger partial charge in [0.25, 0.3) is 38.3 Å². The second-order valence-corrected chi connectivity index (χ2v) is 8.39. The monoisotopic (exact) mass is 774 g/mol. The Morgan fingerprint density at radius 2 is 0.863 bits per heavy atom. The molecule has 2 aromatic carbocycles. The van der Waals surface area contributed by atoms with E-state index in [0.717, 1.165) is 6.92 Å². The van der Waals surface area contributed by atoms with Gasteiger partial charge in [-0.15, -0.1) is 0 Å². The number of ether oxygens (including phenoxy) is 5. The molecule has 51 heavy (non-hydrogen) atoms. The quantitative estimate of drug-likeness (QED) is 0.0549. The van der Waals surface area contributed by atoms with E-state index < -0.39 is 107 Å². The number of halogens is 14. The summed E-state index contributed by atoms with van der Waals surface area (Å²) in [5.74, 6) is -28.7. The molecule has 290 valence electrons. The van der Waals surface area contributed by atoms with Crippen LogP contribution in [0.15, 0.2) is 0 Å². The Bertz CT molecular complexity index is 1340. The SMILES string of the molecule is CC(F)(F)CCOC=O.CC(F)(F)COC=O.CCOC=O.O=COCc1c(F)c(F)c(F)c(F)c1F.O=COc1c(F)c(F)c(F)c(F)c1F. The molecular formula is C27H24F14O10. The molecule has 0 saturated heterocycles. The van der Waals surface area contributed by atoms with Crippen LogP contribution in [-0.2, 0) is 49.5 Å². The Labute approximate surface area is 277 Å². The molecule has 0 saturated carbocycles. The van der Waals surface area contributed by atoms with Crippen LogP contribution in [0, 0.1) is 58.2 Å². The Hall–Kier alpha value is -5.19. The predicted molar refractivity (Wildman–Crippen MR) is 138 cm³/mol. The van der Waals surface area contributed by atoms with Crippen LogP contribution in [0.3, 0.4) is 0 Å². The van der Waals surface area contributed by atoms with Crippen LogP contribution < -0.4 is 4.74 Å². The summed E-state index contributed by atoms with van der Waals surface area (Å²) in [5, 5.41) is 0. The first-order valence-electron chi connectivity index (χ1n) is 12.6. The van der Waals surface area contributed by atoms with E-state index >= 15 is 0 Å². The highest BCUT2D eigenvalue weighted by Crippen LogP contribution is 2.28. The van der Waals surface area contributed by atoms with Crippen LogP contribution in [0.5, 0.6) is 5.75 Å². The van der Waals surface area contributed by atoms with E-state index in [2.05, 4.69) is 23.7 Å². The van der Waals surface area contributed by atoms with Gasteiger partial charge in [-0.2, -0.15) is 8.78 Å². The van der Waals surface area contributed by atoms with Crippen molar-refractivity contribution in [3.8, 4) is 5.75 Å². The van der Waals surface area contributed by atoms with E-state index in [1.54, 1.807) is 6.92 Å². The highest BCUT2D eigenvalue weighted by atomic mass is 19.3. The Balaban J connectivity index is -0.000000593. The number of hydrogen-bond donors (Lipinski definition) is 0. The van der Waals surface area contributed by atoms with E-state index in [-0.39, 0.29) is 26.0 Å². The molecule has 0 aromatic heterocycles. The van der Waals surface area contributed by atoms with Gasteiger partial charge in [-0.05, 0) is 13.8 Å². The Kier molecular flexibility index (Phi) is 25.3. The van der Waals surface area contributed by atoms with E-state index in [0.29, 0.717) is 20.0 Å². The van der Waals surface area contributed by atoms with Gasteiger partial charge in [0.2, 0.25) is 46.6 Å². The molecule has 0 radical (unpaired) electrons. The van der Waals surface area contributed by atoms with Gasteiger partial charge in [-0.1, -0.05) is 0 Å². The van der Waals surface area contributed by atoms with Crippen molar-refractivity contribution in [3.05, 3.63) is 63.7 Å². The molecule has 0 unspecified atom stereocenters. The fraction of sp³-hybridized carbons (Fsp3) is 0.370. The molecule has 0 bridgehead atoms. The fourth-order valence-electron chi connectivity index (χ4n) is 2.17. The van der Waals surface area contributed by atoms with Crippen LogP contribution in [0.4, 0.5) is 61.5 Å². The van der Waals surface area contributed by atoms with Gasteiger partial charge in [0.05, 0.1) is 18.8 Å². The molecule has 0 aliphatic heterocycles. The van der Waals surface area contributed by atoms with E-state index in [9.17, 15) is 85.4 Å². The summed E-state index contributed by atoms with van der Waals surface area (Å²) in [5.41, 5.74) is -1.18. The minimum Gasteiger partial charge on any atom is -0.468 e. The zero-order chi connectivity index (χ0) is 40.5. The third-order valence-corrected chi connectivity index (χ3v) is 4.30. The molecule has 0 aliphatic rings. The average molecular weight is 774 g/mol. The molecule has 24 heteroatoms. The van der Waals surface area contributed by atoms with Crippen molar-refractivity contribution in [1.82, 2.24) is 0 Å². The Morgan fingerprint density at radius 3 is 1.14 bits per heavy atom. The second-order valence-electron chi connectivity index (χ2n) is 8.39. The lowest BCUT2D eigenvalue weighted by atomic mass is 10.2. The molecule has 0 spiro atoms. The van der Waals surface area contributed by atoms with Gasteiger partial charge < -0.3 is 23.7 Å². The lowest BCUT2D eigenvalue weighted by Crippen LogP contribution is -2.17. The standard InChI is InChI=1S/C8H3F5O2.C7HF5O2.C5H8F2O2.C4H6F2O2.C3H6O2/c9-4-3(1-15-2-14)5(10)7(12)8(13)6(4)11;8-2-3(9)5(11)7(14-1-13)6(12)4(2)10;1-5(6,7)2-3-9-4-8;1-4(5,6)2-8-3-7;1-2-5-3-4/h2H,1H2;1H;4H,2-3H2,1H3;3H,2H2,1H3;3H,2H2,1H3. The van der Waals surface area contributed by atoms with Crippen molar-refractivity contribution in [2.24, 2.45) is 0 Å². The highest BCUT2D eigenvalue weighted by Gasteiger charge is 2.27. The highest BCUT2D eigenvalue weighted by molar-refractivity contribution is 5.46. The van der Waals surface area contributed by atoms with Crippen molar-refractivity contribution in [2.45, 2.75) is 45.6 Å². The normalized spacial score (nSPS) is 10.1. The first-order chi connectivity index (χ1) is 23.5. The molecule has 0 atom stereocenters. The molecule has 0 heterocycles. The molecule has 10 nitrogen and oxygen atoms in total. The van der Waals surface area contributed by atoms with E-state index in [4.69, 9.17) is 0 Å². The zero-order valence-electron chi connectivity index (χ0n) is 25.8. The topological polar surface area (TPSA) is 132 Å². The number of alkyl halides is 4. The van der Waals surface area contributed by atoms with Gasteiger partial charge in [-0.25, -0.2) is 52.7 Å². The summed E-state index contributed by atoms with van der Waals surface area (Å²) >= 11 is 0. The Morgan fingerprint density at radius 1 is 0.490 bits per heavy atom. The number of carbonyl (C=O) groups is 5. The number of rotatable bonds is 14. The summed E-state index contributed by atoms with van der Waals surface area (Å²) in [6.07, 6.45) is -0.411. The largest absolute Gasteiger partial charge is 0.468 e. The molecular weight excluding hydrogens is 750 g/mol. The maximum Gasteiger partial charge on any atom is 0.298 e. The predicted octanol–water partition coefficient (Wildman–Crippen LogP) is 6.17. The van der Waals surface area contributed by atoms with Crippen molar-refractivity contribution >= 4 is 32.4 Å². The zero-order valence-corrected chi connectivity index (χ0v) is 25.8. The molecule has 0 aliphatic carbocycles. The maximum absolute atomic E-state index is 12.8. The van der Waals surface area contributed by atoms with E-state index in [1.807, 2.05) is 0 Å². The van der Waals surface area contributed by atoms with Crippen LogP contribution in [-0.4, -0.2) is 64.0 Å². The van der Waals surface area contributed by atoms with Crippen molar-refractivity contribution in [2.75, 3.05) is 19.8 Å². The van der Waals surface area contributed by atoms with Gasteiger partial charge >= 0.3 is 0 Å². The third-order valence-electron chi connectivity index (χ3n) is 4.30. The first-order valence-corrected chi connectivity index (χ1v) is 12.6. The summed E-state index contributed by atoms with van der Waals surface area (Å²) in [6, 6.07) is 0. The van der Waals surface area contributed by atoms with Crippen LogP contribution in [0.1, 0.15) is 32.8 Å². The van der Waals surface area contributed by atoms with Crippen LogP contribution in [0.2, 0.25) is 0 Å². The lowest BCUT2D eigenvalue weighted by Gasteiger charge is -2.07. The molecule has 2 rings (SSSR count). The molecule has 0 fully saturated rings. The fourth-order valence-corrected chi connectivity index (χ4v) is 2.17. The lowest BCUT2D eigenvalue weighted by molar-refractivity contribution is -0.138. The second kappa shape index (κ2) is 25.7. The summed E-state index contributed by atoms with van der Waals surface area (Å²) in [4.78, 5) is 47.3. The minimum absolute atomic E-state index is 0.00257. The third kappa shape index (κ3) is 20.8.